The van der Waals surface area contributed by atoms with E-state index in [1.54, 1.807) is 17.1 Å². The molecule has 0 saturated carbocycles. The Morgan fingerprint density at radius 3 is 3.13 bits per heavy atom. The molecule has 2 amide bonds. The molecule has 126 valence electrons. The SMILES string of the molecule is C#CCn1cc(NC(=O)N2CCCCC2CCOC(C)C)cn1. The van der Waals surface area contributed by atoms with Gasteiger partial charge in [0.1, 0.15) is 6.54 Å². The number of aromatic nitrogens is 2. The fraction of sp³-hybridized carbons (Fsp3) is 0.647. The van der Waals surface area contributed by atoms with Gasteiger partial charge >= 0.3 is 6.03 Å². The van der Waals surface area contributed by atoms with Crippen LogP contribution in [0.3, 0.4) is 0 Å². The van der Waals surface area contributed by atoms with Crippen molar-refractivity contribution in [3.05, 3.63) is 12.4 Å². The minimum Gasteiger partial charge on any atom is -0.379 e. The summed E-state index contributed by atoms with van der Waals surface area (Å²) in [5.41, 5.74) is 0.674. The van der Waals surface area contributed by atoms with Crippen molar-refractivity contribution in [2.45, 2.75) is 58.2 Å². The molecule has 23 heavy (non-hydrogen) atoms. The number of piperidine rings is 1. The first kappa shape index (κ1) is 17.4. The third kappa shape index (κ3) is 5.29. The molecule has 0 radical (unpaired) electrons. The van der Waals surface area contributed by atoms with Crippen LogP contribution in [-0.2, 0) is 11.3 Å². The first-order valence-electron chi connectivity index (χ1n) is 8.25. The molecule has 6 heteroatoms. The summed E-state index contributed by atoms with van der Waals surface area (Å²) in [5, 5.41) is 7.03. The van der Waals surface area contributed by atoms with Gasteiger partial charge in [0.25, 0.3) is 0 Å². The number of anilines is 1. The molecule has 1 N–H and O–H groups in total. The predicted molar refractivity (Wildman–Crippen MR) is 90.1 cm³/mol. The number of amides is 2. The van der Waals surface area contributed by atoms with Crippen molar-refractivity contribution in [3.8, 4) is 12.3 Å². The largest absolute Gasteiger partial charge is 0.379 e. The zero-order valence-electron chi connectivity index (χ0n) is 14.0. The molecule has 1 fully saturated rings. The third-order valence-electron chi connectivity index (χ3n) is 3.93. The van der Waals surface area contributed by atoms with Gasteiger partial charge in [0.15, 0.2) is 0 Å². The molecule has 1 atom stereocenters. The maximum Gasteiger partial charge on any atom is 0.322 e. The molecule has 0 bridgehead atoms. The van der Waals surface area contributed by atoms with Gasteiger partial charge in [0, 0.05) is 25.4 Å². The third-order valence-corrected chi connectivity index (χ3v) is 3.93. The van der Waals surface area contributed by atoms with Crippen LogP contribution in [0.2, 0.25) is 0 Å². The fourth-order valence-electron chi connectivity index (χ4n) is 2.81. The molecule has 1 aliphatic heterocycles. The van der Waals surface area contributed by atoms with E-state index in [2.05, 4.69) is 16.3 Å². The number of nitrogens with zero attached hydrogens (tertiary/aromatic N) is 3. The monoisotopic (exact) mass is 318 g/mol. The molecule has 6 nitrogen and oxygen atoms in total. The van der Waals surface area contributed by atoms with Crippen molar-refractivity contribution >= 4 is 11.7 Å². The first-order valence-corrected chi connectivity index (χ1v) is 8.25. The number of hydrogen-bond donors (Lipinski definition) is 1. The van der Waals surface area contributed by atoms with E-state index in [-0.39, 0.29) is 18.2 Å². The number of carbonyl (C=O) groups is 1. The van der Waals surface area contributed by atoms with Crippen LogP contribution < -0.4 is 5.32 Å². The summed E-state index contributed by atoms with van der Waals surface area (Å²) in [5.74, 6) is 2.52. The highest BCUT2D eigenvalue weighted by atomic mass is 16.5. The van der Waals surface area contributed by atoms with Gasteiger partial charge < -0.3 is 15.0 Å². The summed E-state index contributed by atoms with van der Waals surface area (Å²) in [7, 11) is 0. The Labute approximate surface area is 138 Å². The van der Waals surface area contributed by atoms with Crippen LogP contribution in [0, 0.1) is 12.3 Å². The molecule has 1 aromatic heterocycles. The lowest BCUT2D eigenvalue weighted by molar-refractivity contribution is 0.0566. The number of rotatable bonds is 6. The number of terminal acetylenes is 1. The van der Waals surface area contributed by atoms with Crippen molar-refractivity contribution in [2.75, 3.05) is 18.5 Å². The minimum atomic E-state index is -0.0699. The van der Waals surface area contributed by atoms with E-state index in [1.165, 1.54) is 0 Å². The minimum absolute atomic E-state index is 0.0699. The van der Waals surface area contributed by atoms with Crippen molar-refractivity contribution in [1.82, 2.24) is 14.7 Å². The van der Waals surface area contributed by atoms with Crippen LogP contribution in [0.5, 0.6) is 0 Å². The Bertz CT molecular complexity index is 547. The Morgan fingerprint density at radius 1 is 1.57 bits per heavy atom. The molecule has 1 unspecified atom stereocenters. The highest BCUT2D eigenvalue weighted by Gasteiger charge is 2.26. The quantitative estimate of drug-likeness (QED) is 0.821. The maximum absolute atomic E-state index is 12.5. The molecule has 0 aliphatic carbocycles. The van der Waals surface area contributed by atoms with Gasteiger partial charge in [0.05, 0.1) is 18.0 Å². The zero-order chi connectivity index (χ0) is 16.7. The average Bonchev–Trinajstić information content (AvgIpc) is 2.95. The second kappa shape index (κ2) is 8.59. The number of ether oxygens (including phenoxy) is 1. The second-order valence-electron chi connectivity index (χ2n) is 6.11. The molecule has 1 aliphatic rings. The fourth-order valence-corrected chi connectivity index (χ4v) is 2.81. The Kier molecular flexibility index (Phi) is 6.48. The lowest BCUT2D eigenvalue weighted by Gasteiger charge is -2.35. The average molecular weight is 318 g/mol. The van der Waals surface area contributed by atoms with Gasteiger partial charge in [-0.05, 0) is 39.5 Å². The lowest BCUT2D eigenvalue weighted by atomic mass is 10.00. The van der Waals surface area contributed by atoms with Gasteiger partial charge in [-0.15, -0.1) is 6.42 Å². The van der Waals surface area contributed by atoms with E-state index in [1.807, 2.05) is 18.7 Å². The Balaban J connectivity index is 1.90. The van der Waals surface area contributed by atoms with Gasteiger partial charge in [-0.1, -0.05) is 5.92 Å². The topological polar surface area (TPSA) is 59.4 Å². The van der Waals surface area contributed by atoms with Crippen LogP contribution in [-0.4, -0.2) is 46.0 Å². The summed E-state index contributed by atoms with van der Waals surface area (Å²) in [6, 6.07) is 0.169. The normalized spacial score (nSPS) is 18.0. The van der Waals surface area contributed by atoms with E-state index in [4.69, 9.17) is 11.2 Å². The number of carbonyl (C=O) groups excluding carboxylic acids is 1. The van der Waals surface area contributed by atoms with Crippen LogP contribution >= 0.6 is 0 Å². The van der Waals surface area contributed by atoms with E-state index in [9.17, 15) is 4.79 Å². The maximum atomic E-state index is 12.5. The van der Waals surface area contributed by atoms with Crippen LogP contribution in [0.1, 0.15) is 39.5 Å². The summed E-state index contributed by atoms with van der Waals surface area (Å²) in [6.45, 7) is 5.93. The predicted octanol–water partition coefficient (Wildman–Crippen LogP) is 2.72. The summed E-state index contributed by atoms with van der Waals surface area (Å²) in [4.78, 5) is 14.5. The van der Waals surface area contributed by atoms with Crippen LogP contribution in [0.4, 0.5) is 10.5 Å². The molecular formula is C17H26N4O2. The number of likely N-dealkylation sites (tertiary alicyclic amines) is 1. The Morgan fingerprint density at radius 2 is 2.39 bits per heavy atom. The smallest absolute Gasteiger partial charge is 0.322 e. The van der Waals surface area contributed by atoms with Crippen molar-refractivity contribution in [1.29, 1.82) is 0 Å². The van der Waals surface area contributed by atoms with E-state index >= 15 is 0 Å². The standard InChI is InChI=1S/C17H26N4O2/c1-4-9-20-13-15(12-18-20)19-17(22)21-10-6-5-7-16(21)8-11-23-14(2)3/h1,12-14,16H,5-11H2,2-3H3,(H,19,22). The summed E-state index contributed by atoms with van der Waals surface area (Å²) >= 11 is 0. The van der Waals surface area contributed by atoms with E-state index < -0.39 is 0 Å². The van der Waals surface area contributed by atoms with E-state index in [0.717, 1.165) is 32.2 Å². The number of urea groups is 1. The van der Waals surface area contributed by atoms with Crippen LogP contribution in [0.15, 0.2) is 12.4 Å². The first-order chi connectivity index (χ1) is 11.1. The van der Waals surface area contributed by atoms with Crippen molar-refractivity contribution in [3.63, 3.8) is 0 Å². The molecule has 1 saturated heterocycles. The number of nitrogens with one attached hydrogen (secondary N) is 1. The summed E-state index contributed by atoms with van der Waals surface area (Å²) in [6.07, 6.45) is 13.0. The van der Waals surface area contributed by atoms with E-state index in [0.29, 0.717) is 18.8 Å². The molecule has 1 aromatic rings. The molecule has 0 spiro atoms. The highest BCUT2D eigenvalue weighted by molar-refractivity contribution is 5.89. The number of hydrogen-bond acceptors (Lipinski definition) is 3. The molecule has 2 heterocycles. The molecule has 2 rings (SSSR count). The van der Waals surface area contributed by atoms with Crippen LogP contribution in [0.25, 0.3) is 0 Å². The van der Waals surface area contributed by atoms with Crippen molar-refractivity contribution < 1.29 is 9.53 Å². The Hall–Kier alpha value is -2.00. The van der Waals surface area contributed by atoms with Crippen molar-refractivity contribution in [2.24, 2.45) is 0 Å². The molecular weight excluding hydrogens is 292 g/mol. The van der Waals surface area contributed by atoms with Gasteiger partial charge in [-0.3, -0.25) is 4.68 Å². The van der Waals surface area contributed by atoms with Gasteiger partial charge in [-0.2, -0.15) is 5.10 Å². The second-order valence-corrected chi connectivity index (χ2v) is 6.11. The van der Waals surface area contributed by atoms with Gasteiger partial charge in [0.2, 0.25) is 0 Å². The van der Waals surface area contributed by atoms with Gasteiger partial charge in [-0.25, -0.2) is 4.79 Å². The highest BCUT2D eigenvalue weighted by Crippen LogP contribution is 2.21. The lowest BCUT2D eigenvalue weighted by Crippen LogP contribution is -2.46. The zero-order valence-corrected chi connectivity index (χ0v) is 14.0. The summed E-state index contributed by atoms with van der Waals surface area (Å²) < 4.78 is 7.26. The molecule has 0 aromatic carbocycles.